The van der Waals surface area contributed by atoms with Gasteiger partial charge in [0.25, 0.3) is 0 Å². The Kier molecular flexibility index (Phi) is 2.47. The molecule has 4 aliphatic rings. The van der Waals surface area contributed by atoms with Gasteiger partial charge in [-0.25, -0.2) is 9.97 Å². The van der Waals surface area contributed by atoms with Crippen LogP contribution in [0.2, 0.25) is 0 Å². The maximum Gasteiger partial charge on any atom is 0.136 e. The molecule has 4 fully saturated rings. The Morgan fingerprint density at radius 2 is 1.68 bits per heavy atom. The van der Waals surface area contributed by atoms with E-state index in [-0.39, 0.29) is 0 Å². The molecule has 0 aromatic carbocycles. The fourth-order valence-corrected chi connectivity index (χ4v) is 5.11. The summed E-state index contributed by atoms with van der Waals surface area (Å²) in [6.45, 7) is 0. The Morgan fingerprint density at radius 3 is 2.26 bits per heavy atom. The molecule has 0 atom stereocenters. The summed E-state index contributed by atoms with van der Waals surface area (Å²) in [7, 11) is 1.89. The van der Waals surface area contributed by atoms with Crippen molar-refractivity contribution in [3.8, 4) is 0 Å². The second-order valence-electron chi connectivity index (χ2n) is 6.74. The first-order valence-electron chi connectivity index (χ1n) is 7.55. The summed E-state index contributed by atoms with van der Waals surface area (Å²) in [5.41, 5.74) is 5.94. The lowest BCUT2D eigenvalue weighted by Crippen LogP contribution is -2.44. The Hall–Kier alpha value is -1.32. The van der Waals surface area contributed by atoms with Gasteiger partial charge in [0.2, 0.25) is 0 Å². The molecule has 4 bridgehead atoms. The van der Waals surface area contributed by atoms with Crippen LogP contribution in [-0.4, -0.2) is 17.0 Å². The number of nitrogens with two attached hydrogens (primary N) is 1. The van der Waals surface area contributed by atoms with Crippen LogP contribution in [0, 0.1) is 23.7 Å². The number of rotatable bonds is 2. The van der Waals surface area contributed by atoms with Gasteiger partial charge in [0.1, 0.15) is 17.5 Å². The zero-order chi connectivity index (χ0) is 13.0. The van der Waals surface area contributed by atoms with E-state index >= 15 is 0 Å². The molecule has 4 heteroatoms. The summed E-state index contributed by atoms with van der Waals surface area (Å²) < 4.78 is 0. The predicted octanol–water partition coefficient (Wildman–Crippen LogP) is 2.64. The van der Waals surface area contributed by atoms with Crippen molar-refractivity contribution in [2.45, 2.75) is 38.0 Å². The third-order valence-electron chi connectivity index (χ3n) is 5.54. The topological polar surface area (TPSA) is 63.8 Å². The minimum atomic E-state index is 0.559. The molecule has 0 spiro atoms. The second kappa shape index (κ2) is 4.09. The molecular weight excluding hydrogens is 236 g/mol. The zero-order valence-electron chi connectivity index (χ0n) is 11.5. The highest BCUT2D eigenvalue weighted by Gasteiger charge is 2.49. The van der Waals surface area contributed by atoms with Gasteiger partial charge in [-0.3, -0.25) is 0 Å². The van der Waals surface area contributed by atoms with Crippen LogP contribution in [0.1, 0.15) is 43.8 Å². The van der Waals surface area contributed by atoms with Crippen LogP contribution in [0.3, 0.4) is 0 Å². The van der Waals surface area contributed by atoms with Crippen LogP contribution >= 0.6 is 0 Å². The molecule has 4 nitrogen and oxygen atoms in total. The number of nitrogens with one attached hydrogen (secondary N) is 1. The van der Waals surface area contributed by atoms with Gasteiger partial charge in [0.05, 0.1) is 0 Å². The van der Waals surface area contributed by atoms with Crippen molar-refractivity contribution in [1.82, 2.24) is 9.97 Å². The molecule has 0 radical (unpaired) electrons. The van der Waals surface area contributed by atoms with Crippen LogP contribution in [0.25, 0.3) is 0 Å². The van der Waals surface area contributed by atoms with E-state index < -0.39 is 0 Å². The Bertz CT molecular complexity index is 471. The Balaban J connectivity index is 1.70. The van der Waals surface area contributed by atoms with E-state index in [1.165, 1.54) is 32.1 Å². The SMILES string of the molecule is CNc1cc(N)nc(C2C3CC4CC(C3)CC2C4)n1. The van der Waals surface area contributed by atoms with Crippen LogP contribution < -0.4 is 11.1 Å². The van der Waals surface area contributed by atoms with Gasteiger partial charge in [-0.05, 0) is 55.8 Å². The van der Waals surface area contributed by atoms with Crippen molar-refractivity contribution in [2.24, 2.45) is 23.7 Å². The first-order chi connectivity index (χ1) is 9.22. The molecule has 5 rings (SSSR count). The first-order valence-corrected chi connectivity index (χ1v) is 7.55. The van der Waals surface area contributed by atoms with Crippen molar-refractivity contribution < 1.29 is 0 Å². The molecule has 102 valence electrons. The summed E-state index contributed by atoms with van der Waals surface area (Å²) in [6.07, 6.45) is 7.06. The summed E-state index contributed by atoms with van der Waals surface area (Å²) in [5, 5.41) is 3.10. The molecule has 4 saturated carbocycles. The quantitative estimate of drug-likeness (QED) is 0.856. The summed E-state index contributed by atoms with van der Waals surface area (Å²) in [4.78, 5) is 9.25. The van der Waals surface area contributed by atoms with Crippen molar-refractivity contribution >= 4 is 11.6 Å². The minimum absolute atomic E-state index is 0.559. The largest absolute Gasteiger partial charge is 0.384 e. The molecule has 0 aliphatic heterocycles. The average molecular weight is 258 g/mol. The highest BCUT2D eigenvalue weighted by atomic mass is 15.0. The fraction of sp³-hybridized carbons (Fsp3) is 0.733. The molecule has 0 unspecified atom stereocenters. The van der Waals surface area contributed by atoms with Crippen LogP contribution in [-0.2, 0) is 0 Å². The van der Waals surface area contributed by atoms with Gasteiger partial charge < -0.3 is 11.1 Å². The lowest BCUT2D eigenvalue weighted by Gasteiger charge is -2.53. The number of nitrogen functional groups attached to an aromatic ring is 1. The highest BCUT2D eigenvalue weighted by Crippen LogP contribution is 2.59. The van der Waals surface area contributed by atoms with Crippen molar-refractivity contribution in [3.05, 3.63) is 11.9 Å². The predicted molar refractivity (Wildman–Crippen MR) is 75.8 cm³/mol. The molecule has 4 aliphatic carbocycles. The maximum atomic E-state index is 5.94. The number of hydrogen-bond donors (Lipinski definition) is 2. The molecule has 0 saturated heterocycles. The van der Waals surface area contributed by atoms with E-state index in [0.717, 1.165) is 35.3 Å². The van der Waals surface area contributed by atoms with E-state index in [9.17, 15) is 0 Å². The highest BCUT2D eigenvalue weighted by molar-refractivity contribution is 5.44. The van der Waals surface area contributed by atoms with Crippen molar-refractivity contribution in [1.29, 1.82) is 0 Å². The molecule has 19 heavy (non-hydrogen) atoms. The second-order valence-corrected chi connectivity index (χ2v) is 6.74. The molecule has 1 heterocycles. The van der Waals surface area contributed by atoms with E-state index in [1.807, 2.05) is 13.1 Å². The fourth-order valence-electron chi connectivity index (χ4n) is 5.11. The minimum Gasteiger partial charge on any atom is -0.384 e. The molecule has 1 aromatic heterocycles. The van der Waals surface area contributed by atoms with Crippen LogP contribution in [0.5, 0.6) is 0 Å². The summed E-state index contributed by atoms with van der Waals surface area (Å²) >= 11 is 0. The normalized spacial score (nSPS) is 39.5. The molecule has 0 amide bonds. The van der Waals surface area contributed by atoms with Crippen LogP contribution in [0.15, 0.2) is 6.07 Å². The number of anilines is 2. The third-order valence-corrected chi connectivity index (χ3v) is 5.54. The van der Waals surface area contributed by atoms with Gasteiger partial charge in [0, 0.05) is 19.0 Å². The molecule has 3 N–H and O–H groups in total. The summed E-state index contributed by atoms with van der Waals surface area (Å²) in [5.74, 6) is 6.61. The Morgan fingerprint density at radius 1 is 1.05 bits per heavy atom. The van der Waals surface area contributed by atoms with Gasteiger partial charge in [-0.15, -0.1) is 0 Å². The number of aromatic nitrogens is 2. The number of nitrogens with zero attached hydrogens (tertiary/aromatic N) is 2. The summed E-state index contributed by atoms with van der Waals surface area (Å²) in [6, 6.07) is 1.82. The van der Waals surface area contributed by atoms with E-state index in [4.69, 9.17) is 10.7 Å². The van der Waals surface area contributed by atoms with E-state index in [1.54, 1.807) is 0 Å². The third kappa shape index (κ3) is 1.80. The van der Waals surface area contributed by atoms with Gasteiger partial charge in [-0.2, -0.15) is 0 Å². The monoisotopic (exact) mass is 258 g/mol. The van der Waals surface area contributed by atoms with Gasteiger partial charge in [0.15, 0.2) is 0 Å². The van der Waals surface area contributed by atoms with Crippen molar-refractivity contribution in [2.75, 3.05) is 18.1 Å². The first kappa shape index (κ1) is 11.5. The van der Waals surface area contributed by atoms with Gasteiger partial charge in [-0.1, -0.05) is 0 Å². The lowest BCUT2D eigenvalue weighted by molar-refractivity contribution is -0.00555. The van der Waals surface area contributed by atoms with E-state index in [0.29, 0.717) is 11.7 Å². The smallest absolute Gasteiger partial charge is 0.136 e. The van der Waals surface area contributed by atoms with E-state index in [2.05, 4.69) is 10.3 Å². The standard InChI is InChI=1S/C15H22N4/c1-17-13-7-12(16)18-15(19-13)14-10-3-8-2-9(5-10)6-11(14)4-8/h7-11,14H,2-6H2,1H3,(H3,16,17,18,19). The molecular formula is C15H22N4. The van der Waals surface area contributed by atoms with Gasteiger partial charge >= 0.3 is 0 Å². The Labute approximate surface area is 114 Å². The number of hydrogen-bond acceptors (Lipinski definition) is 4. The lowest BCUT2D eigenvalue weighted by atomic mass is 9.51. The maximum absolute atomic E-state index is 5.94. The van der Waals surface area contributed by atoms with Crippen LogP contribution in [0.4, 0.5) is 11.6 Å². The van der Waals surface area contributed by atoms with Crippen molar-refractivity contribution in [3.63, 3.8) is 0 Å². The molecule has 1 aromatic rings. The zero-order valence-corrected chi connectivity index (χ0v) is 11.5. The average Bonchev–Trinajstić information content (AvgIpc) is 2.36.